The van der Waals surface area contributed by atoms with E-state index in [9.17, 15) is 18.3 Å². The first kappa shape index (κ1) is 22.2. The lowest BCUT2D eigenvalue weighted by molar-refractivity contribution is -0.147. The predicted molar refractivity (Wildman–Crippen MR) is 125 cm³/mol. The number of hydrogen-bond acceptors (Lipinski definition) is 5. The summed E-state index contributed by atoms with van der Waals surface area (Å²) < 4.78 is 35.0. The molecule has 3 heterocycles. The Morgan fingerprint density at radius 1 is 1.03 bits per heavy atom. The van der Waals surface area contributed by atoms with Gasteiger partial charge in [-0.2, -0.15) is 0 Å². The number of para-hydroxylation sites is 1. The molecule has 0 aliphatic carbocycles. The van der Waals surface area contributed by atoms with Gasteiger partial charge in [0.15, 0.2) is 0 Å². The molecule has 33 heavy (non-hydrogen) atoms. The number of ether oxygens (including phenoxy) is 1. The van der Waals surface area contributed by atoms with Gasteiger partial charge in [-0.05, 0) is 69.4 Å². The molecule has 0 aromatic heterocycles. The van der Waals surface area contributed by atoms with Gasteiger partial charge in [0.1, 0.15) is 17.5 Å². The minimum atomic E-state index is -3.83. The summed E-state index contributed by atoms with van der Waals surface area (Å²) in [5.74, 6) is 0.485. The van der Waals surface area contributed by atoms with E-state index >= 15 is 0 Å². The van der Waals surface area contributed by atoms with E-state index in [1.54, 1.807) is 36.9 Å². The largest absolute Gasteiger partial charge is 0.485 e. The van der Waals surface area contributed by atoms with Gasteiger partial charge in [0.25, 0.3) is 10.0 Å². The summed E-state index contributed by atoms with van der Waals surface area (Å²) in [7, 11) is -3.83. The van der Waals surface area contributed by atoms with E-state index in [1.165, 1.54) is 4.31 Å². The summed E-state index contributed by atoms with van der Waals surface area (Å²) >= 11 is 0. The minimum absolute atomic E-state index is 0.0211. The van der Waals surface area contributed by atoms with Crippen molar-refractivity contribution in [1.82, 2.24) is 4.90 Å². The number of fused-ring (bicyclic) bond motifs is 2. The highest BCUT2D eigenvalue weighted by atomic mass is 32.2. The topological polar surface area (TPSA) is 87.2 Å². The van der Waals surface area contributed by atoms with Crippen LogP contribution in [0.25, 0.3) is 0 Å². The van der Waals surface area contributed by atoms with Crippen molar-refractivity contribution in [1.29, 1.82) is 0 Å². The summed E-state index contributed by atoms with van der Waals surface area (Å²) in [5.41, 5.74) is 1.36. The van der Waals surface area contributed by atoms with Gasteiger partial charge in [-0.15, -0.1) is 0 Å². The fourth-order valence-corrected chi connectivity index (χ4v) is 6.82. The minimum Gasteiger partial charge on any atom is -0.485 e. The quantitative estimate of drug-likeness (QED) is 0.743. The summed E-state index contributed by atoms with van der Waals surface area (Å²) in [6, 6.07) is 11.7. The number of piperidine rings is 1. The van der Waals surface area contributed by atoms with Crippen molar-refractivity contribution in [2.45, 2.75) is 68.6 Å². The van der Waals surface area contributed by atoms with Gasteiger partial charge in [-0.1, -0.05) is 18.2 Å². The van der Waals surface area contributed by atoms with Gasteiger partial charge in [-0.25, -0.2) is 8.42 Å². The summed E-state index contributed by atoms with van der Waals surface area (Å²) in [6.07, 6.45) is 2.73. The molecule has 8 heteroatoms. The first-order valence-corrected chi connectivity index (χ1v) is 13.1. The predicted octanol–water partition coefficient (Wildman–Crippen LogP) is 3.41. The van der Waals surface area contributed by atoms with Crippen molar-refractivity contribution < 1.29 is 23.1 Å². The number of nitrogens with zero attached hydrogens (tertiary/aromatic N) is 2. The van der Waals surface area contributed by atoms with E-state index in [0.29, 0.717) is 36.5 Å². The number of aliphatic hydroxyl groups is 1. The lowest BCUT2D eigenvalue weighted by atomic mass is 9.84. The van der Waals surface area contributed by atoms with Crippen LogP contribution < -0.4 is 9.04 Å². The molecule has 0 bridgehead atoms. The number of aliphatic hydroxyl groups excluding tert-OH is 1. The third kappa shape index (κ3) is 3.69. The molecule has 0 spiro atoms. The number of anilines is 1. The second-order valence-electron chi connectivity index (χ2n) is 9.65. The van der Waals surface area contributed by atoms with E-state index in [0.717, 1.165) is 31.2 Å². The molecule has 0 unspecified atom stereocenters. The van der Waals surface area contributed by atoms with Crippen LogP contribution in [0.3, 0.4) is 0 Å². The first-order chi connectivity index (χ1) is 15.7. The fraction of sp³-hybridized carbons (Fsp3) is 0.480. The number of rotatable bonds is 3. The zero-order valence-electron chi connectivity index (χ0n) is 19.0. The molecule has 7 nitrogen and oxygen atoms in total. The van der Waals surface area contributed by atoms with Crippen LogP contribution in [0.5, 0.6) is 5.75 Å². The van der Waals surface area contributed by atoms with E-state index < -0.39 is 27.8 Å². The van der Waals surface area contributed by atoms with Crippen LogP contribution in [0.1, 0.15) is 56.7 Å². The van der Waals surface area contributed by atoms with E-state index in [1.807, 2.05) is 24.3 Å². The van der Waals surface area contributed by atoms with Crippen LogP contribution in [-0.4, -0.2) is 49.1 Å². The highest BCUT2D eigenvalue weighted by molar-refractivity contribution is 7.92. The van der Waals surface area contributed by atoms with Crippen molar-refractivity contribution in [2.75, 3.05) is 17.4 Å². The lowest BCUT2D eigenvalue weighted by Gasteiger charge is -2.47. The summed E-state index contributed by atoms with van der Waals surface area (Å²) in [4.78, 5) is 14.6. The van der Waals surface area contributed by atoms with Crippen LogP contribution in [0.4, 0.5) is 5.69 Å². The molecule has 176 valence electrons. The zero-order valence-corrected chi connectivity index (χ0v) is 19.8. The maximum Gasteiger partial charge on any atom is 0.264 e. The Balaban J connectivity index is 1.60. The number of amides is 1. The molecule has 1 fully saturated rings. The molecule has 3 aliphatic rings. The summed E-state index contributed by atoms with van der Waals surface area (Å²) in [6.45, 7) is 4.53. The van der Waals surface area contributed by atoms with Crippen molar-refractivity contribution in [2.24, 2.45) is 0 Å². The Kier molecular flexibility index (Phi) is 5.40. The third-order valence-electron chi connectivity index (χ3n) is 7.04. The Labute approximate surface area is 195 Å². The average Bonchev–Trinajstić information content (AvgIpc) is 2.80. The molecule has 2 aromatic rings. The first-order valence-electron chi connectivity index (χ1n) is 11.6. The van der Waals surface area contributed by atoms with E-state index in [-0.39, 0.29) is 10.8 Å². The standard InChI is InChI=1S/C25H30N2O5S/c1-25(2)24(29)23(26-14-6-5-11-22(26)28)19-16-18(12-13-21(19)32-25)33(30,31)27-15-7-9-17-8-3-4-10-20(17)27/h3-4,8,10,12-13,16,23-24,29H,5-7,9,11,14-15H2,1-2H3/t23-,24+/m0/s1. The van der Waals surface area contributed by atoms with Gasteiger partial charge in [0.2, 0.25) is 5.91 Å². The van der Waals surface area contributed by atoms with Crippen LogP contribution in [0.15, 0.2) is 47.4 Å². The SMILES string of the molecule is CC1(C)Oc2ccc(S(=O)(=O)N3CCCc4ccccc43)cc2[C@H](N2CCCCC2=O)[C@H]1O. The molecule has 3 aliphatic heterocycles. The zero-order chi connectivity index (χ0) is 23.4. The second-order valence-corrected chi connectivity index (χ2v) is 11.5. The van der Waals surface area contributed by atoms with Crippen LogP contribution in [0.2, 0.25) is 0 Å². The number of likely N-dealkylation sites (tertiary alicyclic amines) is 1. The maximum atomic E-state index is 13.7. The summed E-state index contributed by atoms with van der Waals surface area (Å²) in [5, 5.41) is 11.2. The fourth-order valence-electron chi connectivity index (χ4n) is 5.24. The molecule has 5 rings (SSSR count). The third-order valence-corrected chi connectivity index (χ3v) is 8.84. The monoisotopic (exact) mass is 470 g/mol. The Morgan fingerprint density at radius 3 is 2.61 bits per heavy atom. The molecule has 0 saturated carbocycles. The van der Waals surface area contributed by atoms with E-state index in [4.69, 9.17) is 4.74 Å². The molecule has 2 aromatic carbocycles. The molecular formula is C25H30N2O5S. The van der Waals surface area contributed by atoms with Gasteiger partial charge in [-0.3, -0.25) is 9.10 Å². The lowest BCUT2D eigenvalue weighted by Crippen LogP contribution is -2.55. The van der Waals surface area contributed by atoms with Crippen LogP contribution >= 0.6 is 0 Å². The molecule has 2 atom stereocenters. The van der Waals surface area contributed by atoms with Gasteiger partial charge < -0.3 is 14.7 Å². The van der Waals surface area contributed by atoms with E-state index in [2.05, 4.69) is 0 Å². The van der Waals surface area contributed by atoms with Gasteiger partial charge in [0.05, 0.1) is 16.6 Å². The average molecular weight is 471 g/mol. The number of benzene rings is 2. The van der Waals surface area contributed by atoms with Crippen molar-refractivity contribution in [3.05, 3.63) is 53.6 Å². The van der Waals surface area contributed by atoms with Crippen molar-refractivity contribution in [3.8, 4) is 5.75 Å². The highest BCUT2D eigenvalue weighted by Crippen LogP contribution is 2.45. The van der Waals surface area contributed by atoms with Crippen molar-refractivity contribution in [3.63, 3.8) is 0 Å². The number of aryl methyl sites for hydroxylation is 1. The smallest absolute Gasteiger partial charge is 0.264 e. The maximum absolute atomic E-state index is 13.7. The molecule has 1 N–H and O–H groups in total. The Morgan fingerprint density at radius 2 is 1.82 bits per heavy atom. The molecule has 1 amide bonds. The Hall–Kier alpha value is -2.58. The number of sulfonamides is 1. The normalized spacial score (nSPS) is 24.6. The van der Waals surface area contributed by atoms with Crippen LogP contribution in [0, 0.1) is 0 Å². The molecule has 1 saturated heterocycles. The Bertz CT molecular complexity index is 1190. The molecule has 0 radical (unpaired) electrons. The second kappa shape index (κ2) is 8.02. The number of carbonyl (C=O) groups excluding carboxylic acids is 1. The van der Waals surface area contributed by atoms with Gasteiger partial charge in [0, 0.05) is 25.1 Å². The number of hydrogen-bond donors (Lipinski definition) is 1. The molecular weight excluding hydrogens is 440 g/mol. The number of carbonyl (C=O) groups is 1. The highest BCUT2D eigenvalue weighted by Gasteiger charge is 2.47. The van der Waals surface area contributed by atoms with Crippen molar-refractivity contribution >= 4 is 21.6 Å². The van der Waals surface area contributed by atoms with Gasteiger partial charge >= 0.3 is 0 Å². The van der Waals surface area contributed by atoms with Crippen LogP contribution in [-0.2, 0) is 21.2 Å².